The Kier molecular flexibility index (Phi) is 3.38. The Labute approximate surface area is 94.2 Å². The molecule has 0 bridgehead atoms. The average Bonchev–Trinajstić information content (AvgIpc) is 2.09. The highest BCUT2D eigenvalue weighted by atomic mass is 35.5. The van der Waals surface area contributed by atoms with Crippen LogP contribution in [0.3, 0.4) is 0 Å². The molecule has 0 spiro atoms. The Morgan fingerprint density at radius 3 is 2.73 bits per heavy atom. The zero-order valence-corrected chi connectivity index (χ0v) is 8.73. The van der Waals surface area contributed by atoms with Gasteiger partial charge in [0.25, 0.3) is 0 Å². The van der Waals surface area contributed by atoms with Gasteiger partial charge in [0.15, 0.2) is 5.11 Å². The zero-order chi connectivity index (χ0) is 11.6. The summed E-state index contributed by atoms with van der Waals surface area (Å²) in [6.07, 6.45) is 0. The molecule has 0 radical (unpaired) electrons. The molecule has 0 unspecified atom stereocenters. The van der Waals surface area contributed by atoms with Crippen molar-refractivity contribution in [2.75, 3.05) is 5.32 Å². The van der Waals surface area contributed by atoms with Gasteiger partial charge in [-0.1, -0.05) is 11.6 Å². The van der Waals surface area contributed by atoms with Gasteiger partial charge in [0.05, 0.1) is 15.6 Å². The van der Waals surface area contributed by atoms with Crippen LogP contribution in [0.1, 0.15) is 0 Å². The zero-order valence-electron chi connectivity index (χ0n) is 7.16. The second kappa shape index (κ2) is 4.37. The molecule has 5 nitrogen and oxygen atoms in total. The van der Waals surface area contributed by atoms with E-state index >= 15 is 0 Å². The van der Waals surface area contributed by atoms with E-state index in [0.29, 0.717) is 0 Å². The van der Waals surface area contributed by atoms with Crippen molar-refractivity contribution in [3.63, 3.8) is 0 Å². The molecule has 0 aliphatic rings. The van der Waals surface area contributed by atoms with Crippen LogP contribution >= 0.6 is 23.8 Å². The Bertz CT molecular complexity index is 440. The van der Waals surface area contributed by atoms with E-state index in [2.05, 4.69) is 17.5 Å². The second-order valence-electron chi connectivity index (χ2n) is 2.53. The fraction of sp³-hybridized carbons (Fsp3) is 0. The summed E-state index contributed by atoms with van der Waals surface area (Å²) in [7, 11) is 0. The minimum atomic E-state index is -1.01. The molecule has 0 aliphatic carbocycles. The van der Waals surface area contributed by atoms with Gasteiger partial charge in [-0.15, -0.1) is 0 Å². The third-order valence-electron chi connectivity index (χ3n) is 1.49. The monoisotopic (exact) mass is 249 g/mol. The van der Waals surface area contributed by atoms with Gasteiger partial charge in [-0.25, -0.2) is 0 Å². The van der Waals surface area contributed by atoms with Crippen LogP contribution in [0.4, 0.5) is 15.8 Å². The number of halogens is 2. The third kappa shape index (κ3) is 2.74. The molecule has 0 amide bonds. The van der Waals surface area contributed by atoms with E-state index in [4.69, 9.17) is 17.3 Å². The molecule has 0 aromatic heterocycles. The maximum absolute atomic E-state index is 13.1. The molecule has 80 valence electrons. The van der Waals surface area contributed by atoms with Crippen LogP contribution < -0.4 is 11.1 Å². The van der Waals surface area contributed by atoms with Crippen molar-refractivity contribution in [2.24, 2.45) is 5.73 Å². The summed E-state index contributed by atoms with van der Waals surface area (Å²) in [6.45, 7) is 0. The number of rotatable bonds is 2. The molecule has 15 heavy (non-hydrogen) atoms. The van der Waals surface area contributed by atoms with E-state index in [9.17, 15) is 14.5 Å². The Morgan fingerprint density at radius 1 is 1.67 bits per heavy atom. The van der Waals surface area contributed by atoms with Gasteiger partial charge in [-0.2, -0.15) is 4.39 Å². The van der Waals surface area contributed by atoms with Crippen LogP contribution in [-0.4, -0.2) is 10.0 Å². The molecule has 3 N–H and O–H groups in total. The first-order valence-corrected chi connectivity index (χ1v) is 4.40. The summed E-state index contributed by atoms with van der Waals surface area (Å²) in [5, 5.41) is 12.6. The molecule has 0 fully saturated rings. The average molecular weight is 250 g/mol. The molecule has 1 aromatic rings. The number of hydrogen-bond acceptors (Lipinski definition) is 3. The number of anilines is 1. The Balaban J connectivity index is 3.19. The summed E-state index contributed by atoms with van der Waals surface area (Å²) in [5.41, 5.74) is 4.54. The van der Waals surface area contributed by atoms with Crippen LogP contribution in [0.5, 0.6) is 0 Å². The largest absolute Gasteiger partial charge is 0.376 e. The van der Waals surface area contributed by atoms with Crippen molar-refractivity contribution in [3.8, 4) is 0 Å². The summed E-state index contributed by atoms with van der Waals surface area (Å²) in [6, 6.07) is 1.75. The molecule has 0 atom stereocenters. The van der Waals surface area contributed by atoms with Gasteiger partial charge in [-0.3, -0.25) is 10.1 Å². The topological polar surface area (TPSA) is 81.2 Å². The standard InChI is InChI=1S/C7H5ClFN3O2S/c8-3-1-6(12(13)14)4(9)2-5(3)11-7(10)15/h1-2H,(H3,10,11,15). The molecule has 8 heteroatoms. The predicted octanol–water partition coefficient (Wildman–Crippen LogP) is 2.04. The number of benzene rings is 1. The Morgan fingerprint density at radius 2 is 2.27 bits per heavy atom. The van der Waals surface area contributed by atoms with Crippen molar-refractivity contribution < 1.29 is 9.31 Å². The predicted molar refractivity (Wildman–Crippen MR) is 58.5 cm³/mol. The highest BCUT2D eigenvalue weighted by Gasteiger charge is 2.17. The number of nitrogens with one attached hydrogen (secondary N) is 1. The molecule has 1 rings (SSSR count). The van der Waals surface area contributed by atoms with Crippen molar-refractivity contribution in [1.29, 1.82) is 0 Å². The van der Waals surface area contributed by atoms with Gasteiger partial charge >= 0.3 is 5.69 Å². The SMILES string of the molecule is NC(=S)Nc1cc(F)c([N+](=O)[O-])cc1Cl. The lowest BCUT2D eigenvalue weighted by Gasteiger charge is -2.06. The maximum atomic E-state index is 13.1. The first-order chi connectivity index (χ1) is 6.91. The molecule has 1 aromatic carbocycles. The van der Waals surface area contributed by atoms with E-state index in [-0.39, 0.29) is 15.8 Å². The molecule has 0 saturated carbocycles. The van der Waals surface area contributed by atoms with Gasteiger partial charge < -0.3 is 11.1 Å². The maximum Gasteiger partial charge on any atom is 0.306 e. The molecular formula is C7H5ClFN3O2S. The van der Waals surface area contributed by atoms with Crippen LogP contribution in [0.15, 0.2) is 12.1 Å². The van der Waals surface area contributed by atoms with Crippen LogP contribution in [0.2, 0.25) is 5.02 Å². The highest BCUT2D eigenvalue weighted by Crippen LogP contribution is 2.29. The van der Waals surface area contributed by atoms with Crippen molar-refractivity contribution in [3.05, 3.63) is 33.1 Å². The highest BCUT2D eigenvalue weighted by molar-refractivity contribution is 7.80. The van der Waals surface area contributed by atoms with E-state index in [1.54, 1.807) is 0 Å². The summed E-state index contributed by atoms with van der Waals surface area (Å²) >= 11 is 10.2. The number of nitro groups is 1. The lowest BCUT2D eigenvalue weighted by Crippen LogP contribution is -2.19. The second-order valence-corrected chi connectivity index (χ2v) is 3.38. The van der Waals surface area contributed by atoms with Gasteiger partial charge in [-0.05, 0) is 12.2 Å². The van der Waals surface area contributed by atoms with E-state index in [0.717, 1.165) is 12.1 Å². The summed E-state index contributed by atoms with van der Waals surface area (Å²) in [5.74, 6) is -1.01. The lowest BCUT2D eigenvalue weighted by molar-refractivity contribution is -0.387. The number of nitro benzene ring substituents is 1. The van der Waals surface area contributed by atoms with Gasteiger partial charge in [0.2, 0.25) is 5.82 Å². The smallest absolute Gasteiger partial charge is 0.306 e. The normalized spacial score (nSPS) is 9.73. The summed E-state index contributed by atoms with van der Waals surface area (Å²) in [4.78, 5) is 9.47. The van der Waals surface area contributed by atoms with Gasteiger partial charge in [0, 0.05) is 12.1 Å². The number of hydrogen-bond donors (Lipinski definition) is 2. The minimum Gasteiger partial charge on any atom is -0.376 e. The van der Waals surface area contributed by atoms with Crippen LogP contribution in [-0.2, 0) is 0 Å². The molecule has 0 saturated heterocycles. The van der Waals surface area contributed by atoms with E-state index in [1.807, 2.05) is 0 Å². The van der Waals surface area contributed by atoms with Crippen molar-refractivity contribution in [2.45, 2.75) is 0 Å². The fourth-order valence-corrected chi connectivity index (χ4v) is 1.22. The molecule has 0 heterocycles. The number of thiocarbonyl (C=S) groups is 1. The quantitative estimate of drug-likeness (QED) is 0.476. The van der Waals surface area contributed by atoms with Crippen LogP contribution in [0, 0.1) is 15.9 Å². The number of nitrogens with two attached hydrogens (primary N) is 1. The Hall–Kier alpha value is -1.47. The van der Waals surface area contributed by atoms with E-state index < -0.39 is 16.4 Å². The van der Waals surface area contributed by atoms with Gasteiger partial charge in [0.1, 0.15) is 0 Å². The van der Waals surface area contributed by atoms with Crippen LogP contribution in [0.25, 0.3) is 0 Å². The lowest BCUT2D eigenvalue weighted by atomic mass is 10.2. The van der Waals surface area contributed by atoms with Crippen molar-refractivity contribution >= 4 is 40.3 Å². The molecular weight excluding hydrogens is 245 g/mol. The fourth-order valence-electron chi connectivity index (χ4n) is 0.905. The first-order valence-electron chi connectivity index (χ1n) is 3.61. The minimum absolute atomic E-state index is 0.0316. The summed E-state index contributed by atoms with van der Waals surface area (Å²) < 4.78 is 13.1. The third-order valence-corrected chi connectivity index (χ3v) is 1.91. The van der Waals surface area contributed by atoms with Crippen molar-refractivity contribution in [1.82, 2.24) is 0 Å². The number of nitrogens with zero attached hydrogens (tertiary/aromatic N) is 1. The molecule has 0 aliphatic heterocycles. The first kappa shape index (κ1) is 11.6. The van der Waals surface area contributed by atoms with E-state index in [1.165, 1.54) is 0 Å².